The van der Waals surface area contributed by atoms with Gasteiger partial charge in [-0.3, -0.25) is 9.59 Å². The van der Waals surface area contributed by atoms with E-state index in [4.69, 9.17) is 11.6 Å². The van der Waals surface area contributed by atoms with E-state index in [0.717, 1.165) is 15.4 Å². The number of amides is 2. The summed E-state index contributed by atoms with van der Waals surface area (Å²) in [5.74, 6) is -0.769. The molecule has 1 saturated heterocycles. The van der Waals surface area contributed by atoms with Crippen molar-refractivity contribution in [1.82, 2.24) is 9.62 Å². The largest absolute Gasteiger partial charge is 0.354 e. The van der Waals surface area contributed by atoms with Crippen molar-refractivity contribution in [1.29, 1.82) is 0 Å². The van der Waals surface area contributed by atoms with Crippen LogP contribution in [0.1, 0.15) is 35.3 Å². The molecule has 3 rings (SSSR count). The first-order valence-corrected chi connectivity index (χ1v) is 11.6. The van der Waals surface area contributed by atoms with E-state index >= 15 is 0 Å². The van der Waals surface area contributed by atoms with E-state index in [9.17, 15) is 18.0 Å². The summed E-state index contributed by atoms with van der Waals surface area (Å²) >= 11 is 6.30. The summed E-state index contributed by atoms with van der Waals surface area (Å²) in [7, 11) is -3.88. The molecule has 0 spiro atoms. The number of sulfonamides is 1. The quantitative estimate of drug-likeness (QED) is 0.708. The molecular formula is C21H24ClN3O4S. The Bertz CT molecular complexity index is 1090. The third-order valence-corrected chi connectivity index (χ3v) is 7.25. The van der Waals surface area contributed by atoms with Crippen molar-refractivity contribution in [3.8, 4) is 0 Å². The van der Waals surface area contributed by atoms with Crippen molar-refractivity contribution in [3.63, 3.8) is 0 Å². The lowest BCUT2D eigenvalue weighted by Gasteiger charge is -2.26. The first-order valence-electron chi connectivity index (χ1n) is 9.76. The van der Waals surface area contributed by atoms with Gasteiger partial charge in [0.2, 0.25) is 15.9 Å². The van der Waals surface area contributed by atoms with Crippen LogP contribution in [0, 0.1) is 0 Å². The van der Waals surface area contributed by atoms with Crippen molar-refractivity contribution in [2.45, 2.75) is 31.6 Å². The molecule has 30 heavy (non-hydrogen) atoms. The van der Waals surface area contributed by atoms with E-state index in [2.05, 4.69) is 10.6 Å². The minimum Gasteiger partial charge on any atom is -0.354 e. The van der Waals surface area contributed by atoms with Gasteiger partial charge in [-0.15, -0.1) is 0 Å². The number of hydrogen-bond donors (Lipinski definition) is 2. The van der Waals surface area contributed by atoms with Crippen LogP contribution in [0.15, 0.2) is 41.3 Å². The van der Waals surface area contributed by atoms with Crippen molar-refractivity contribution in [2.24, 2.45) is 0 Å². The lowest BCUT2D eigenvalue weighted by molar-refractivity contribution is -0.122. The molecule has 0 atom stereocenters. The minimum atomic E-state index is -3.88. The monoisotopic (exact) mass is 449 g/mol. The predicted molar refractivity (Wildman–Crippen MR) is 116 cm³/mol. The summed E-state index contributed by atoms with van der Waals surface area (Å²) in [5, 5.41) is 6.08. The minimum absolute atomic E-state index is 0.0256. The Balaban J connectivity index is 1.91. The van der Waals surface area contributed by atoms with Gasteiger partial charge in [-0.05, 0) is 48.2 Å². The number of benzene rings is 2. The van der Waals surface area contributed by atoms with Crippen molar-refractivity contribution in [2.75, 3.05) is 25.0 Å². The first-order chi connectivity index (χ1) is 14.3. The molecule has 2 amide bonds. The van der Waals surface area contributed by atoms with Gasteiger partial charge >= 0.3 is 0 Å². The van der Waals surface area contributed by atoms with E-state index in [0.29, 0.717) is 23.6 Å². The van der Waals surface area contributed by atoms with Gasteiger partial charge in [0.05, 0.1) is 11.4 Å². The third-order valence-electron chi connectivity index (χ3n) is 5.05. The fourth-order valence-electron chi connectivity index (χ4n) is 3.42. The zero-order valence-corrected chi connectivity index (χ0v) is 18.4. The molecule has 1 fully saturated rings. The van der Waals surface area contributed by atoms with Crippen molar-refractivity contribution in [3.05, 3.63) is 58.1 Å². The van der Waals surface area contributed by atoms with Crippen LogP contribution in [0.3, 0.4) is 0 Å². The highest BCUT2D eigenvalue weighted by Crippen LogP contribution is 2.30. The normalized spacial score (nSPS) is 15.0. The lowest BCUT2D eigenvalue weighted by Crippen LogP contribution is -2.49. The number of rotatable bonds is 6. The standard InChI is InChI=1S/C21H24ClN3O4S/c1-3-14-8-9-18(22)17(4-2)20(14)24-21(27)15-6-5-7-16(12-15)30(28,29)25-11-10-23-19(26)13-25/h5-9,12H,3-4,10-11,13H2,1-2H3,(H,23,26)(H,24,27). The Morgan fingerprint density at radius 3 is 2.63 bits per heavy atom. The van der Waals surface area contributed by atoms with Crippen LogP contribution >= 0.6 is 11.6 Å². The van der Waals surface area contributed by atoms with Gasteiger partial charge in [0.1, 0.15) is 0 Å². The Labute approximate surface area is 181 Å². The Morgan fingerprint density at radius 2 is 1.97 bits per heavy atom. The van der Waals surface area contributed by atoms with Crippen LogP contribution in [0.25, 0.3) is 0 Å². The van der Waals surface area contributed by atoms with Crippen LogP contribution in [-0.4, -0.2) is 44.2 Å². The van der Waals surface area contributed by atoms with Gasteiger partial charge in [0.25, 0.3) is 5.91 Å². The van der Waals surface area contributed by atoms with E-state index < -0.39 is 15.9 Å². The van der Waals surface area contributed by atoms with E-state index in [1.54, 1.807) is 6.07 Å². The number of nitrogens with one attached hydrogen (secondary N) is 2. The van der Waals surface area contributed by atoms with Crippen LogP contribution < -0.4 is 10.6 Å². The summed E-state index contributed by atoms with van der Waals surface area (Å²) in [6, 6.07) is 9.52. The average molecular weight is 450 g/mol. The highest BCUT2D eigenvalue weighted by atomic mass is 35.5. The molecule has 0 aliphatic carbocycles. The molecule has 0 radical (unpaired) electrons. The molecular weight excluding hydrogens is 426 g/mol. The number of piperazine rings is 1. The van der Waals surface area contributed by atoms with Gasteiger partial charge in [0.15, 0.2) is 0 Å². The molecule has 1 aliphatic rings. The Hall–Kier alpha value is -2.42. The third kappa shape index (κ3) is 4.50. The van der Waals surface area contributed by atoms with Crippen molar-refractivity contribution < 1.29 is 18.0 Å². The van der Waals surface area contributed by atoms with Crippen LogP contribution in [-0.2, 0) is 27.7 Å². The van der Waals surface area contributed by atoms with Gasteiger partial charge in [-0.25, -0.2) is 8.42 Å². The molecule has 1 aliphatic heterocycles. The van der Waals surface area contributed by atoms with E-state index in [-0.39, 0.29) is 36.0 Å². The average Bonchev–Trinajstić information content (AvgIpc) is 2.74. The number of carbonyl (C=O) groups is 2. The highest BCUT2D eigenvalue weighted by Gasteiger charge is 2.29. The van der Waals surface area contributed by atoms with Crippen LogP contribution in [0.5, 0.6) is 0 Å². The number of aryl methyl sites for hydroxylation is 1. The Morgan fingerprint density at radius 1 is 1.20 bits per heavy atom. The molecule has 2 aromatic rings. The maximum absolute atomic E-state index is 12.9. The maximum atomic E-state index is 12.9. The number of anilines is 1. The molecule has 0 saturated carbocycles. The molecule has 7 nitrogen and oxygen atoms in total. The fourth-order valence-corrected chi connectivity index (χ4v) is 5.15. The number of carbonyl (C=O) groups excluding carboxylic acids is 2. The Kier molecular flexibility index (Phi) is 6.80. The van der Waals surface area contributed by atoms with Crippen molar-refractivity contribution >= 4 is 39.1 Å². The topological polar surface area (TPSA) is 95.6 Å². The molecule has 160 valence electrons. The SMILES string of the molecule is CCc1ccc(Cl)c(CC)c1NC(=O)c1cccc(S(=O)(=O)N2CCNC(=O)C2)c1. The zero-order valence-electron chi connectivity index (χ0n) is 16.9. The first kappa shape index (κ1) is 22.3. The number of halogens is 1. The summed E-state index contributed by atoms with van der Waals surface area (Å²) in [6.07, 6.45) is 1.36. The highest BCUT2D eigenvalue weighted by molar-refractivity contribution is 7.89. The fraction of sp³-hybridized carbons (Fsp3) is 0.333. The molecule has 2 N–H and O–H groups in total. The second-order valence-electron chi connectivity index (χ2n) is 6.94. The molecule has 0 bridgehead atoms. The van der Waals surface area contributed by atoms with Crippen LogP contribution in [0.4, 0.5) is 5.69 Å². The van der Waals surface area contributed by atoms with E-state index in [1.165, 1.54) is 18.2 Å². The second kappa shape index (κ2) is 9.16. The van der Waals surface area contributed by atoms with Gasteiger partial charge in [0, 0.05) is 29.4 Å². The number of hydrogen-bond acceptors (Lipinski definition) is 4. The molecule has 9 heteroatoms. The van der Waals surface area contributed by atoms with E-state index in [1.807, 2.05) is 26.0 Å². The molecule has 2 aromatic carbocycles. The summed E-state index contributed by atoms with van der Waals surface area (Å²) in [4.78, 5) is 24.5. The zero-order chi connectivity index (χ0) is 21.9. The van der Waals surface area contributed by atoms with Crippen LogP contribution in [0.2, 0.25) is 5.02 Å². The number of nitrogens with zero attached hydrogens (tertiary/aromatic N) is 1. The summed E-state index contributed by atoms with van der Waals surface area (Å²) in [6.45, 7) is 4.15. The lowest BCUT2D eigenvalue weighted by atomic mass is 10.0. The molecule has 0 aromatic heterocycles. The van der Waals surface area contributed by atoms with Gasteiger partial charge in [-0.2, -0.15) is 4.31 Å². The smallest absolute Gasteiger partial charge is 0.255 e. The van der Waals surface area contributed by atoms with Gasteiger partial charge in [-0.1, -0.05) is 37.6 Å². The predicted octanol–water partition coefficient (Wildman–Crippen LogP) is 2.84. The molecule has 1 heterocycles. The van der Waals surface area contributed by atoms with Gasteiger partial charge < -0.3 is 10.6 Å². The second-order valence-corrected chi connectivity index (χ2v) is 9.28. The summed E-state index contributed by atoms with van der Waals surface area (Å²) in [5.41, 5.74) is 2.67. The summed E-state index contributed by atoms with van der Waals surface area (Å²) < 4.78 is 26.9. The molecule has 0 unspecified atom stereocenters. The maximum Gasteiger partial charge on any atom is 0.255 e.